The normalized spacial score (nSPS) is 31.9. The summed E-state index contributed by atoms with van der Waals surface area (Å²) in [7, 11) is 0. The van der Waals surface area contributed by atoms with Crippen LogP contribution in [0.3, 0.4) is 0 Å². The van der Waals surface area contributed by atoms with Crippen LogP contribution in [0.15, 0.2) is 0 Å². The van der Waals surface area contributed by atoms with E-state index in [0.29, 0.717) is 6.29 Å². The number of hydrogen-bond acceptors (Lipinski definition) is 4. The van der Waals surface area contributed by atoms with Crippen molar-refractivity contribution < 1.29 is 19.4 Å². The molecule has 0 saturated carbocycles. The summed E-state index contributed by atoms with van der Waals surface area (Å²) in [4.78, 5) is 20.8. The molecular formula is C6H8O4. The molecule has 1 atom stereocenters. The van der Waals surface area contributed by atoms with Crippen molar-refractivity contribution in [2.45, 2.75) is 6.42 Å². The molecule has 1 N–H and O–H groups in total. The monoisotopic (exact) mass is 144 g/mol. The summed E-state index contributed by atoms with van der Waals surface area (Å²) >= 11 is 0. The van der Waals surface area contributed by atoms with Crippen LogP contribution < -0.4 is 0 Å². The van der Waals surface area contributed by atoms with Crippen LogP contribution in [0.25, 0.3) is 0 Å². The van der Waals surface area contributed by atoms with E-state index in [1.165, 1.54) is 0 Å². The van der Waals surface area contributed by atoms with Crippen LogP contribution in [0.5, 0.6) is 0 Å². The lowest BCUT2D eigenvalue weighted by atomic mass is 9.90. The van der Waals surface area contributed by atoms with Gasteiger partial charge in [-0.3, -0.25) is 4.79 Å². The molecule has 1 heterocycles. The van der Waals surface area contributed by atoms with E-state index in [1.807, 2.05) is 0 Å². The zero-order valence-corrected chi connectivity index (χ0v) is 5.37. The molecule has 0 aromatic heterocycles. The first-order chi connectivity index (χ1) is 4.72. The lowest BCUT2D eigenvalue weighted by molar-refractivity contribution is -0.137. The molecule has 56 valence electrons. The molecule has 1 aliphatic heterocycles. The Hall–Kier alpha value is -0.900. The van der Waals surface area contributed by atoms with E-state index in [9.17, 15) is 9.59 Å². The molecule has 4 nitrogen and oxygen atoms in total. The quantitative estimate of drug-likeness (QED) is 0.403. The Balaban J connectivity index is 2.68. The van der Waals surface area contributed by atoms with Crippen molar-refractivity contribution in [1.82, 2.24) is 0 Å². The third-order valence-corrected chi connectivity index (χ3v) is 1.58. The van der Waals surface area contributed by atoms with Gasteiger partial charge in [-0.25, -0.2) is 0 Å². The van der Waals surface area contributed by atoms with E-state index in [0.717, 1.165) is 0 Å². The molecule has 0 amide bonds. The number of ether oxygens (including phenoxy) is 1. The largest absolute Gasteiger partial charge is 0.464 e. The number of aliphatic hydroxyl groups is 1. The highest BCUT2D eigenvalue weighted by Crippen LogP contribution is 2.25. The van der Waals surface area contributed by atoms with E-state index >= 15 is 0 Å². The van der Waals surface area contributed by atoms with Gasteiger partial charge in [0.1, 0.15) is 12.9 Å². The summed E-state index contributed by atoms with van der Waals surface area (Å²) in [5.74, 6) is -0.416. The summed E-state index contributed by atoms with van der Waals surface area (Å²) in [6, 6.07) is 0. The van der Waals surface area contributed by atoms with Crippen LogP contribution in [0.2, 0.25) is 0 Å². The van der Waals surface area contributed by atoms with Crippen molar-refractivity contribution >= 4 is 12.3 Å². The topological polar surface area (TPSA) is 63.6 Å². The molecule has 0 aliphatic carbocycles. The van der Waals surface area contributed by atoms with E-state index < -0.39 is 11.4 Å². The number of aliphatic hydroxyl groups excluding tert-OH is 1. The van der Waals surface area contributed by atoms with E-state index in [1.54, 1.807) is 0 Å². The summed E-state index contributed by atoms with van der Waals surface area (Å²) in [5, 5.41) is 8.67. The van der Waals surface area contributed by atoms with Crippen LogP contribution in [0.4, 0.5) is 0 Å². The fraction of sp³-hybridized carbons (Fsp3) is 0.667. The van der Waals surface area contributed by atoms with Crippen LogP contribution in [0, 0.1) is 5.41 Å². The van der Waals surface area contributed by atoms with E-state index in [2.05, 4.69) is 4.74 Å². The smallest absolute Gasteiger partial charge is 0.307 e. The molecular weight excluding hydrogens is 136 g/mol. The Morgan fingerprint density at radius 1 is 1.80 bits per heavy atom. The standard InChI is InChI=1S/C6H8O4/c7-2-6(3-8)1-5(9)10-4-6/h2,8H,1,3-4H2. The first kappa shape index (κ1) is 7.21. The first-order valence-corrected chi connectivity index (χ1v) is 2.95. The number of hydrogen-bond donors (Lipinski definition) is 1. The Bertz CT molecular complexity index is 165. The molecule has 0 radical (unpaired) electrons. The molecule has 1 aliphatic rings. The maximum absolute atomic E-state index is 10.5. The SMILES string of the molecule is O=CC1(CO)COC(=O)C1. The third kappa shape index (κ3) is 1.02. The number of aldehydes is 1. The number of carbonyl (C=O) groups is 2. The van der Waals surface area contributed by atoms with Gasteiger partial charge in [-0.15, -0.1) is 0 Å². The van der Waals surface area contributed by atoms with Crippen LogP contribution in [0.1, 0.15) is 6.42 Å². The van der Waals surface area contributed by atoms with Gasteiger partial charge in [-0.1, -0.05) is 0 Å². The van der Waals surface area contributed by atoms with Crippen molar-refractivity contribution in [3.05, 3.63) is 0 Å². The number of esters is 1. The lowest BCUT2D eigenvalue weighted by Gasteiger charge is -2.12. The average Bonchev–Trinajstić information content (AvgIpc) is 2.33. The second-order valence-electron chi connectivity index (χ2n) is 2.48. The summed E-state index contributed by atoms with van der Waals surface area (Å²) < 4.78 is 4.52. The van der Waals surface area contributed by atoms with E-state index in [4.69, 9.17) is 5.11 Å². The van der Waals surface area contributed by atoms with Gasteiger partial charge in [0.05, 0.1) is 18.4 Å². The van der Waals surface area contributed by atoms with Gasteiger partial charge in [-0.05, 0) is 0 Å². The van der Waals surface area contributed by atoms with Gasteiger partial charge < -0.3 is 14.6 Å². The van der Waals surface area contributed by atoms with Crippen LogP contribution >= 0.6 is 0 Å². The summed E-state index contributed by atoms with van der Waals surface area (Å²) in [5.41, 5.74) is -0.947. The highest BCUT2D eigenvalue weighted by molar-refractivity contribution is 5.79. The van der Waals surface area contributed by atoms with Gasteiger partial charge in [0, 0.05) is 0 Å². The number of carbonyl (C=O) groups excluding carboxylic acids is 2. The fourth-order valence-corrected chi connectivity index (χ4v) is 0.828. The molecule has 0 aromatic rings. The maximum Gasteiger partial charge on any atom is 0.307 e. The highest BCUT2D eigenvalue weighted by Gasteiger charge is 2.39. The van der Waals surface area contributed by atoms with Crippen molar-refractivity contribution in [3.8, 4) is 0 Å². The Kier molecular flexibility index (Phi) is 1.72. The Morgan fingerprint density at radius 3 is 2.70 bits per heavy atom. The molecule has 0 aromatic carbocycles. The maximum atomic E-state index is 10.5. The second-order valence-corrected chi connectivity index (χ2v) is 2.48. The fourth-order valence-electron chi connectivity index (χ4n) is 0.828. The minimum atomic E-state index is -0.947. The zero-order chi connectivity index (χ0) is 7.61. The van der Waals surface area contributed by atoms with Crippen molar-refractivity contribution in [2.24, 2.45) is 5.41 Å². The summed E-state index contributed by atoms with van der Waals surface area (Å²) in [6.45, 7) is -0.298. The van der Waals surface area contributed by atoms with Crippen LogP contribution in [-0.4, -0.2) is 30.6 Å². The van der Waals surface area contributed by atoms with Gasteiger partial charge in [0.2, 0.25) is 0 Å². The van der Waals surface area contributed by atoms with Gasteiger partial charge in [0.25, 0.3) is 0 Å². The minimum Gasteiger partial charge on any atom is -0.464 e. The van der Waals surface area contributed by atoms with Gasteiger partial charge >= 0.3 is 5.97 Å². The Labute approximate surface area is 57.8 Å². The molecule has 1 unspecified atom stereocenters. The number of rotatable bonds is 2. The molecule has 1 saturated heterocycles. The second kappa shape index (κ2) is 2.38. The third-order valence-electron chi connectivity index (χ3n) is 1.58. The van der Waals surface area contributed by atoms with Crippen molar-refractivity contribution in [3.63, 3.8) is 0 Å². The first-order valence-electron chi connectivity index (χ1n) is 2.95. The molecule has 1 fully saturated rings. The predicted molar refractivity (Wildman–Crippen MR) is 31.2 cm³/mol. The van der Waals surface area contributed by atoms with Gasteiger partial charge in [-0.2, -0.15) is 0 Å². The number of cyclic esters (lactones) is 1. The summed E-state index contributed by atoms with van der Waals surface area (Å²) in [6.07, 6.45) is 0.588. The van der Waals surface area contributed by atoms with E-state index in [-0.39, 0.29) is 19.6 Å². The average molecular weight is 144 g/mol. The zero-order valence-electron chi connectivity index (χ0n) is 5.37. The highest BCUT2D eigenvalue weighted by atomic mass is 16.5. The van der Waals surface area contributed by atoms with Gasteiger partial charge in [0.15, 0.2) is 0 Å². The molecule has 0 spiro atoms. The van der Waals surface area contributed by atoms with Crippen molar-refractivity contribution in [1.29, 1.82) is 0 Å². The molecule has 4 heteroatoms. The lowest BCUT2D eigenvalue weighted by Crippen LogP contribution is -2.27. The van der Waals surface area contributed by atoms with Crippen LogP contribution in [-0.2, 0) is 14.3 Å². The molecule has 10 heavy (non-hydrogen) atoms. The van der Waals surface area contributed by atoms with Crippen molar-refractivity contribution in [2.75, 3.05) is 13.2 Å². The molecule has 0 bridgehead atoms. The minimum absolute atomic E-state index is 0.00694. The Morgan fingerprint density at radius 2 is 2.50 bits per heavy atom. The predicted octanol–water partition coefficient (Wildman–Crippen LogP) is -0.889. The molecule has 1 rings (SSSR count).